The van der Waals surface area contributed by atoms with Crippen LogP contribution in [0.15, 0.2) is 24.3 Å². The molecule has 0 aliphatic heterocycles. The van der Waals surface area contributed by atoms with Gasteiger partial charge in [-0.25, -0.2) is 0 Å². The molecule has 0 heterocycles. The van der Waals surface area contributed by atoms with Crippen LogP contribution in [0.3, 0.4) is 0 Å². The van der Waals surface area contributed by atoms with E-state index < -0.39 is 0 Å². The summed E-state index contributed by atoms with van der Waals surface area (Å²) in [6.45, 7) is 0. The van der Waals surface area contributed by atoms with Gasteiger partial charge in [-0.1, -0.05) is 31.4 Å². The molecule has 1 aromatic rings. The lowest BCUT2D eigenvalue weighted by atomic mass is 9.83. The van der Waals surface area contributed by atoms with Gasteiger partial charge in [0, 0.05) is 0 Å². The van der Waals surface area contributed by atoms with Gasteiger partial charge >= 0.3 is 0 Å². The van der Waals surface area contributed by atoms with Crippen molar-refractivity contribution in [1.82, 2.24) is 0 Å². The Morgan fingerprint density at radius 2 is 2.06 bits per heavy atom. The highest BCUT2D eigenvalue weighted by Crippen LogP contribution is 2.28. The second-order valence-electron chi connectivity index (χ2n) is 5.02. The maximum absolute atomic E-state index is 10.3. The van der Waals surface area contributed by atoms with Gasteiger partial charge in [0.2, 0.25) is 0 Å². The van der Waals surface area contributed by atoms with Crippen molar-refractivity contribution in [3.05, 3.63) is 29.8 Å². The molecule has 17 heavy (non-hydrogen) atoms. The number of hydrogen-bond donors (Lipinski definition) is 1. The van der Waals surface area contributed by atoms with E-state index >= 15 is 0 Å². The van der Waals surface area contributed by atoms with Crippen molar-refractivity contribution in [2.75, 3.05) is 7.11 Å². The summed E-state index contributed by atoms with van der Waals surface area (Å²) in [7, 11) is 1.68. The van der Waals surface area contributed by atoms with Gasteiger partial charge in [0.15, 0.2) is 0 Å². The van der Waals surface area contributed by atoms with Crippen molar-refractivity contribution in [2.24, 2.45) is 5.92 Å². The zero-order chi connectivity index (χ0) is 12.1. The molecule has 1 atom stereocenters. The molecule has 2 nitrogen and oxygen atoms in total. The molecule has 0 radical (unpaired) electrons. The smallest absolute Gasteiger partial charge is 0.119 e. The van der Waals surface area contributed by atoms with Crippen LogP contribution in [0.4, 0.5) is 0 Å². The van der Waals surface area contributed by atoms with E-state index in [1.165, 1.54) is 37.7 Å². The molecule has 1 unspecified atom stereocenters. The van der Waals surface area contributed by atoms with Crippen LogP contribution in [0.25, 0.3) is 0 Å². The number of rotatable bonds is 4. The maximum atomic E-state index is 10.3. The van der Waals surface area contributed by atoms with Crippen LogP contribution in [0.1, 0.15) is 37.7 Å². The molecule has 0 amide bonds. The minimum atomic E-state index is -0.192. The van der Waals surface area contributed by atoms with Crippen LogP contribution in [-0.4, -0.2) is 18.3 Å². The standard InChI is InChI=1S/C15H22O2/c1-17-14-9-5-6-12(10-14)11-15(16)13-7-3-2-4-8-13/h5-6,9-10,13,15-16H,2-4,7-8,11H2,1H3. The molecule has 0 spiro atoms. The lowest BCUT2D eigenvalue weighted by Gasteiger charge is -2.26. The summed E-state index contributed by atoms with van der Waals surface area (Å²) >= 11 is 0. The van der Waals surface area contributed by atoms with E-state index in [1.807, 2.05) is 18.2 Å². The van der Waals surface area contributed by atoms with Crippen LogP contribution in [0.5, 0.6) is 5.75 Å². The molecule has 1 aliphatic carbocycles. The maximum Gasteiger partial charge on any atom is 0.119 e. The first kappa shape index (κ1) is 12.4. The van der Waals surface area contributed by atoms with Gasteiger partial charge < -0.3 is 9.84 Å². The van der Waals surface area contributed by atoms with Gasteiger partial charge in [-0.3, -0.25) is 0 Å². The predicted molar refractivity (Wildman–Crippen MR) is 69.3 cm³/mol. The Hall–Kier alpha value is -1.02. The Kier molecular flexibility index (Phi) is 4.43. The average Bonchev–Trinajstić information content (AvgIpc) is 2.40. The van der Waals surface area contributed by atoms with Crippen LogP contribution < -0.4 is 4.74 Å². The molecular weight excluding hydrogens is 212 g/mol. The highest BCUT2D eigenvalue weighted by molar-refractivity contribution is 5.28. The summed E-state index contributed by atoms with van der Waals surface area (Å²) in [6.07, 6.45) is 6.82. The zero-order valence-corrected chi connectivity index (χ0v) is 10.6. The van der Waals surface area contributed by atoms with E-state index in [-0.39, 0.29) is 6.10 Å². The Labute approximate surface area is 104 Å². The van der Waals surface area contributed by atoms with Crippen molar-refractivity contribution in [1.29, 1.82) is 0 Å². The third-order valence-corrected chi connectivity index (χ3v) is 3.77. The molecule has 1 saturated carbocycles. The first-order valence-electron chi connectivity index (χ1n) is 6.60. The van der Waals surface area contributed by atoms with E-state index in [2.05, 4.69) is 6.07 Å². The van der Waals surface area contributed by atoms with Crippen molar-refractivity contribution in [3.63, 3.8) is 0 Å². The summed E-state index contributed by atoms with van der Waals surface area (Å²) in [5, 5.41) is 10.3. The largest absolute Gasteiger partial charge is 0.497 e. The highest BCUT2D eigenvalue weighted by atomic mass is 16.5. The van der Waals surface area contributed by atoms with Gasteiger partial charge in [-0.2, -0.15) is 0 Å². The Morgan fingerprint density at radius 1 is 1.29 bits per heavy atom. The van der Waals surface area contributed by atoms with Gasteiger partial charge in [-0.15, -0.1) is 0 Å². The monoisotopic (exact) mass is 234 g/mol. The highest BCUT2D eigenvalue weighted by Gasteiger charge is 2.21. The minimum Gasteiger partial charge on any atom is -0.497 e. The first-order chi connectivity index (χ1) is 8.29. The van der Waals surface area contributed by atoms with Gasteiger partial charge in [0.1, 0.15) is 5.75 Å². The van der Waals surface area contributed by atoms with E-state index in [4.69, 9.17) is 4.74 Å². The molecule has 2 rings (SSSR count). The number of benzene rings is 1. The summed E-state index contributed by atoms with van der Waals surface area (Å²) < 4.78 is 5.20. The quantitative estimate of drug-likeness (QED) is 0.867. The van der Waals surface area contributed by atoms with Crippen LogP contribution >= 0.6 is 0 Å². The van der Waals surface area contributed by atoms with Crippen molar-refractivity contribution in [2.45, 2.75) is 44.6 Å². The van der Waals surface area contributed by atoms with Gasteiger partial charge in [0.05, 0.1) is 13.2 Å². The van der Waals surface area contributed by atoms with Crippen molar-refractivity contribution >= 4 is 0 Å². The summed E-state index contributed by atoms with van der Waals surface area (Å²) in [4.78, 5) is 0. The normalized spacial score (nSPS) is 18.9. The average molecular weight is 234 g/mol. The third kappa shape index (κ3) is 3.47. The molecule has 1 N–H and O–H groups in total. The van der Waals surface area contributed by atoms with E-state index in [1.54, 1.807) is 7.11 Å². The molecule has 0 bridgehead atoms. The fraction of sp³-hybridized carbons (Fsp3) is 0.600. The Balaban J connectivity index is 1.94. The zero-order valence-electron chi connectivity index (χ0n) is 10.6. The third-order valence-electron chi connectivity index (χ3n) is 3.77. The Morgan fingerprint density at radius 3 is 2.76 bits per heavy atom. The van der Waals surface area contributed by atoms with Gasteiger partial charge in [-0.05, 0) is 42.9 Å². The molecule has 0 aromatic heterocycles. The Bertz CT molecular complexity index is 343. The molecule has 0 saturated heterocycles. The summed E-state index contributed by atoms with van der Waals surface area (Å²) in [5.41, 5.74) is 1.17. The lowest BCUT2D eigenvalue weighted by molar-refractivity contribution is 0.0850. The molecular formula is C15H22O2. The van der Waals surface area contributed by atoms with Gasteiger partial charge in [0.25, 0.3) is 0 Å². The number of aliphatic hydroxyl groups is 1. The molecule has 1 fully saturated rings. The molecule has 2 heteroatoms. The number of aliphatic hydroxyl groups excluding tert-OH is 1. The number of ether oxygens (including phenoxy) is 1. The predicted octanol–water partition coefficient (Wildman–Crippen LogP) is 3.18. The van der Waals surface area contributed by atoms with Crippen molar-refractivity contribution in [3.8, 4) is 5.75 Å². The SMILES string of the molecule is COc1cccc(CC(O)C2CCCCC2)c1. The fourth-order valence-corrected chi connectivity index (χ4v) is 2.73. The second-order valence-corrected chi connectivity index (χ2v) is 5.02. The van der Waals surface area contributed by atoms with Crippen LogP contribution in [0, 0.1) is 5.92 Å². The summed E-state index contributed by atoms with van der Waals surface area (Å²) in [6, 6.07) is 8.01. The molecule has 94 valence electrons. The number of methoxy groups -OCH3 is 1. The molecule has 1 aliphatic rings. The van der Waals surface area contributed by atoms with E-state index in [0.29, 0.717) is 5.92 Å². The van der Waals surface area contributed by atoms with E-state index in [0.717, 1.165) is 12.2 Å². The molecule has 1 aromatic carbocycles. The lowest BCUT2D eigenvalue weighted by Crippen LogP contribution is -2.24. The van der Waals surface area contributed by atoms with Crippen LogP contribution in [-0.2, 0) is 6.42 Å². The van der Waals surface area contributed by atoms with Crippen LogP contribution in [0.2, 0.25) is 0 Å². The summed E-state index contributed by atoms with van der Waals surface area (Å²) in [5.74, 6) is 1.37. The minimum absolute atomic E-state index is 0.192. The first-order valence-corrected chi connectivity index (χ1v) is 6.60. The number of hydrogen-bond acceptors (Lipinski definition) is 2. The van der Waals surface area contributed by atoms with E-state index in [9.17, 15) is 5.11 Å². The second kappa shape index (κ2) is 6.06. The van der Waals surface area contributed by atoms with Crippen molar-refractivity contribution < 1.29 is 9.84 Å². The fourth-order valence-electron chi connectivity index (χ4n) is 2.73. The topological polar surface area (TPSA) is 29.5 Å².